The summed E-state index contributed by atoms with van der Waals surface area (Å²) in [4.78, 5) is 39.8. The maximum Gasteiger partial charge on any atom is 0.332 e. The quantitative estimate of drug-likeness (QED) is 0.740. The van der Waals surface area contributed by atoms with Crippen LogP contribution in [0.25, 0.3) is 0 Å². The van der Waals surface area contributed by atoms with Gasteiger partial charge in [0.15, 0.2) is 11.6 Å². The first-order valence-electron chi connectivity index (χ1n) is 11.3. The van der Waals surface area contributed by atoms with Crippen molar-refractivity contribution in [2.45, 2.75) is 70.8 Å². The third kappa shape index (κ3) is 2.03. The summed E-state index contributed by atoms with van der Waals surface area (Å²) in [5.74, 6) is -2.35. The highest BCUT2D eigenvalue weighted by Crippen LogP contribution is 2.71. The first kappa shape index (κ1) is 19.2. The molecule has 156 valence electrons. The lowest BCUT2D eigenvalue weighted by Crippen LogP contribution is -2.67. The normalized spacial score (nSPS) is 44.8. The van der Waals surface area contributed by atoms with Crippen LogP contribution in [0.3, 0.4) is 0 Å². The van der Waals surface area contributed by atoms with Crippen molar-refractivity contribution < 1.29 is 24.6 Å². The van der Waals surface area contributed by atoms with E-state index in [1.807, 2.05) is 19.9 Å². The van der Waals surface area contributed by atoms with Gasteiger partial charge in [0.25, 0.3) is 0 Å². The predicted octanol–water partition coefficient (Wildman–Crippen LogP) is 3.46. The van der Waals surface area contributed by atoms with Crippen molar-refractivity contribution in [3.05, 3.63) is 22.8 Å². The minimum absolute atomic E-state index is 0.0241. The van der Waals surface area contributed by atoms with E-state index in [-0.39, 0.29) is 34.9 Å². The Morgan fingerprint density at radius 2 is 1.83 bits per heavy atom. The summed E-state index contributed by atoms with van der Waals surface area (Å²) in [6.07, 6.45) is 7.25. The number of carbonyl (C=O) groups excluding carboxylic acids is 2. The third-order valence-electron chi connectivity index (χ3n) is 8.86. The molecular weight excluding hydrogens is 368 g/mol. The molecule has 1 spiro atoms. The number of hydrogen-bond donors (Lipinski definition) is 2. The molecule has 0 saturated heterocycles. The smallest absolute Gasteiger partial charge is 0.332 e. The highest BCUT2D eigenvalue weighted by atomic mass is 16.4. The van der Waals surface area contributed by atoms with Gasteiger partial charge < -0.3 is 10.2 Å². The number of ketones is 2. The zero-order valence-electron chi connectivity index (χ0n) is 17.2. The fourth-order valence-corrected chi connectivity index (χ4v) is 7.96. The highest BCUT2D eigenvalue weighted by Gasteiger charge is 2.74. The summed E-state index contributed by atoms with van der Waals surface area (Å²) in [6, 6.07) is 0. The van der Waals surface area contributed by atoms with E-state index in [2.05, 4.69) is 0 Å². The second-order valence-corrected chi connectivity index (χ2v) is 9.87. The van der Waals surface area contributed by atoms with Gasteiger partial charge in [-0.3, -0.25) is 9.59 Å². The maximum atomic E-state index is 14.1. The average Bonchev–Trinajstić information content (AvgIpc) is 2.94. The highest BCUT2D eigenvalue weighted by molar-refractivity contribution is 6.09. The fraction of sp³-hybridized carbons (Fsp3) is 0.708. The second-order valence-electron chi connectivity index (χ2n) is 9.87. The molecule has 2 fully saturated rings. The zero-order chi connectivity index (χ0) is 20.7. The first-order valence-corrected chi connectivity index (χ1v) is 11.3. The number of carboxylic acid groups (broad SMARTS) is 1. The SMILES string of the molecule is CCC[C@@H]1C(=O)C2=C3[C@H]4[C@@H](CC2)[C@H]2C=C(C(=O)O)[C@@]4(CC2)C(=O)[C@H](CCC)[C@]31O. The number of aliphatic hydroxyl groups is 1. The van der Waals surface area contributed by atoms with E-state index in [9.17, 15) is 24.6 Å². The minimum Gasteiger partial charge on any atom is -0.478 e. The lowest BCUT2D eigenvalue weighted by atomic mass is 9.39. The van der Waals surface area contributed by atoms with Gasteiger partial charge in [0.05, 0.1) is 17.3 Å². The van der Waals surface area contributed by atoms with Gasteiger partial charge in [-0.15, -0.1) is 0 Å². The molecule has 2 saturated carbocycles. The van der Waals surface area contributed by atoms with Gasteiger partial charge in [-0.25, -0.2) is 4.79 Å². The Kier molecular flexibility index (Phi) is 4.06. The average molecular weight is 398 g/mol. The standard InChI is InChI=1S/C24H30O5/c1-3-5-15-20(25)14-8-7-13-12-9-10-23(17(11-12)22(27)28)18(13)19(14)24(15,29)16(6-4-2)21(23)26/h11-13,15-16,18,29H,3-10H2,1-2H3,(H,27,28)/t12-,13+,15-,16+,18-,23-,24+/m1/s1. The molecule has 5 nitrogen and oxygen atoms in total. The van der Waals surface area contributed by atoms with Gasteiger partial charge >= 0.3 is 5.97 Å². The summed E-state index contributed by atoms with van der Waals surface area (Å²) in [5.41, 5.74) is -0.710. The summed E-state index contributed by atoms with van der Waals surface area (Å²) in [5, 5.41) is 22.2. The van der Waals surface area contributed by atoms with Crippen molar-refractivity contribution in [3.63, 3.8) is 0 Å². The second kappa shape index (κ2) is 6.13. The Hall–Kier alpha value is -1.75. The number of Topliss-reactive ketones (excluding diaryl/α,β-unsaturated/α-hetero) is 2. The maximum absolute atomic E-state index is 14.1. The number of aliphatic carboxylic acids is 1. The van der Waals surface area contributed by atoms with Crippen LogP contribution in [0.2, 0.25) is 0 Å². The van der Waals surface area contributed by atoms with Crippen LogP contribution in [0.1, 0.15) is 65.2 Å². The van der Waals surface area contributed by atoms with E-state index < -0.39 is 28.8 Å². The molecule has 0 aromatic heterocycles. The van der Waals surface area contributed by atoms with Crippen molar-refractivity contribution in [1.29, 1.82) is 0 Å². The Labute approximate surface area is 171 Å². The van der Waals surface area contributed by atoms with Gasteiger partial charge in [-0.05, 0) is 61.5 Å². The van der Waals surface area contributed by atoms with Crippen molar-refractivity contribution in [2.75, 3.05) is 0 Å². The Morgan fingerprint density at radius 1 is 1.14 bits per heavy atom. The van der Waals surface area contributed by atoms with Gasteiger partial charge in [0, 0.05) is 11.5 Å². The van der Waals surface area contributed by atoms with E-state index >= 15 is 0 Å². The molecule has 6 rings (SSSR count). The van der Waals surface area contributed by atoms with Gasteiger partial charge in [-0.1, -0.05) is 32.8 Å². The number of fused-ring (bicyclic) bond motifs is 1. The van der Waals surface area contributed by atoms with Crippen LogP contribution in [0, 0.1) is 35.0 Å². The third-order valence-corrected chi connectivity index (χ3v) is 8.86. The summed E-state index contributed by atoms with van der Waals surface area (Å²) in [6.45, 7) is 3.99. The molecule has 2 bridgehead atoms. The fourth-order valence-electron chi connectivity index (χ4n) is 7.96. The van der Waals surface area contributed by atoms with E-state index in [1.165, 1.54) is 0 Å². The molecule has 6 aliphatic carbocycles. The molecule has 0 heterocycles. The Balaban J connectivity index is 1.80. The molecule has 5 heteroatoms. The molecule has 0 aromatic carbocycles. The van der Waals surface area contributed by atoms with Gasteiger partial charge in [0.2, 0.25) is 0 Å². The molecule has 0 aromatic rings. The van der Waals surface area contributed by atoms with Crippen molar-refractivity contribution in [3.8, 4) is 0 Å². The largest absolute Gasteiger partial charge is 0.478 e. The summed E-state index contributed by atoms with van der Waals surface area (Å²) in [7, 11) is 0. The van der Waals surface area contributed by atoms with Crippen molar-refractivity contribution in [1.82, 2.24) is 0 Å². The number of allylic oxidation sites excluding steroid dienone is 2. The van der Waals surface area contributed by atoms with E-state index in [0.29, 0.717) is 32.1 Å². The number of hydrogen-bond acceptors (Lipinski definition) is 4. The molecular formula is C24H30O5. The number of carbonyl (C=O) groups is 3. The van der Waals surface area contributed by atoms with Crippen LogP contribution < -0.4 is 0 Å². The monoisotopic (exact) mass is 398 g/mol. The van der Waals surface area contributed by atoms with Crippen LogP contribution in [0.15, 0.2) is 22.8 Å². The first-order chi connectivity index (χ1) is 13.8. The molecule has 29 heavy (non-hydrogen) atoms. The number of carboxylic acids is 1. The summed E-state index contributed by atoms with van der Waals surface area (Å²) >= 11 is 0. The van der Waals surface area contributed by atoms with Crippen LogP contribution in [0.5, 0.6) is 0 Å². The predicted molar refractivity (Wildman–Crippen MR) is 106 cm³/mol. The van der Waals surface area contributed by atoms with Crippen molar-refractivity contribution in [2.24, 2.45) is 35.0 Å². The Morgan fingerprint density at radius 3 is 2.48 bits per heavy atom. The molecule has 0 aliphatic heterocycles. The number of rotatable bonds is 5. The minimum atomic E-state index is -1.41. The lowest BCUT2D eigenvalue weighted by Gasteiger charge is -2.63. The van der Waals surface area contributed by atoms with Crippen LogP contribution in [-0.2, 0) is 14.4 Å². The Bertz CT molecular complexity index is 882. The van der Waals surface area contributed by atoms with Crippen LogP contribution in [-0.4, -0.2) is 33.3 Å². The summed E-state index contributed by atoms with van der Waals surface area (Å²) < 4.78 is 0. The van der Waals surface area contributed by atoms with E-state index in [0.717, 1.165) is 30.4 Å². The van der Waals surface area contributed by atoms with Gasteiger partial charge in [-0.2, -0.15) is 0 Å². The lowest BCUT2D eigenvalue weighted by molar-refractivity contribution is -0.167. The van der Waals surface area contributed by atoms with Crippen molar-refractivity contribution >= 4 is 17.5 Å². The molecule has 0 unspecified atom stereocenters. The molecule has 6 aliphatic rings. The van der Waals surface area contributed by atoms with E-state index in [4.69, 9.17) is 0 Å². The zero-order valence-corrected chi connectivity index (χ0v) is 17.2. The molecule has 2 N–H and O–H groups in total. The molecule has 0 amide bonds. The van der Waals surface area contributed by atoms with Crippen LogP contribution >= 0.6 is 0 Å². The van der Waals surface area contributed by atoms with Crippen LogP contribution in [0.4, 0.5) is 0 Å². The molecule has 0 radical (unpaired) electrons. The topological polar surface area (TPSA) is 91.7 Å². The van der Waals surface area contributed by atoms with E-state index in [1.54, 1.807) is 0 Å². The van der Waals surface area contributed by atoms with Gasteiger partial charge in [0.1, 0.15) is 5.60 Å². The molecule has 7 atom stereocenters.